The molecule has 14 aromatic carbocycles. The SMILES string of the molecule is CCCc1ccc(-c2ccc(N3c4cccc(c4)-n4c5ccc(C(C)(C)C)cc5c5cc(ccc54)C(C)(C)c4ccc(cc4-n4c5ccc(C(C)(C)C)cc5c5cc(C(C)(C)C)ccc54)N(c4ccc(-c5ccc(CCC)cc5)cc4)c4ccc5c6c(c3ccc46)-c3ccccc3N5c3ccccc3)cc2)cc1. The van der Waals surface area contributed by atoms with Crippen LogP contribution >= 0.6 is 0 Å². The molecule has 5 heteroatoms. The Balaban J connectivity index is 0.987. The number of benzene rings is 14. The van der Waals surface area contributed by atoms with Crippen molar-refractivity contribution in [1.29, 1.82) is 0 Å². The van der Waals surface area contributed by atoms with Gasteiger partial charge in [0.1, 0.15) is 0 Å². The van der Waals surface area contributed by atoms with Gasteiger partial charge in [-0.1, -0.05) is 255 Å². The molecule has 7 aliphatic rings. The molecule has 0 unspecified atom stereocenters. The van der Waals surface area contributed by atoms with Crippen LogP contribution in [-0.2, 0) is 34.5 Å². The number of para-hydroxylation sites is 2. The van der Waals surface area contributed by atoms with Gasteiger partial charge in [0.05, 0.1) is 50.5 Å². The van der Waals surface area contributed by atoms with Crippen molar-refractivity contribution in [3.63, 3.8) is 0 Å². The van der Waals surface area contributed by atoms with E-state index >= 15 is 0 Å². The van der Waals surface area contributed by atoms with Gasteiger partial charge in [-0.15, -0.1) is 0 Å². The fourth-order valence-corrected chi connectivity index (χ4v) is 17.5. The summed E-state index contributed by atoms with van der Waals surface area (Å²) in [6.07, 6.45) is 4.36. The second kappa shape index (κ2) is 25.8. The third-order valence-electron chi connectivity index (χ3n) is 23.5. The highest BCUT2D eigenvalue weighted by molar-refractivity contribution is 6.22. The molecule has 0 amide bonds. The van der Waals surface area contributed by atoms with Crippen LogP contribution in [0.15, 0.2) is 291 Å². The van der Waals surface area contributed by atoms with Crippen molar-refractivity contribution in [1.82, 2.24) is 9.13 Å². The molecule has 23 rings (SSSR count). The Morgan fingerprint density at radius 2 is 0.713 bits per heavy atom. The van der Waals surface area contributed by atoms with Crippen LogP contribution in [0.5, 0.6) is 0 Å². The molecule has 0 radical (unpaired) electrons. The minimum absolute atomic E-state index is 0.0759. The maximum Gasteiger partial charge on any atom is 0.0548 e. The molecule has 2 aromatic heterocycles. The summed E-state index contributed by atoms with van der Waals surface area (Å²) in [6, 6.07) is 113. The summed E-state index contributed by atoms with van der Waals surface area (Å²) in [5.41, 5.74) is 32.0. The molecule has 7 aliphatic heterocycles. The summed E-state index contributed by atoms with van der Waals surface area (Å²) in [5.74, 6) is 0. The lowest BCUT2D eigenvalue weighted by atomic mass is 9.76. The second-order valence-electron chi connectivity index (χ2n) is 34.0. The standard InChI is InChI=1S/C103H95N5/c1-14-22-66-30-34-68(35-31-66)70-38-46-77(47-39-70)104-81-50-52-88(97(65-81)108-93-54-43-73(101(6,7)8)61-85(93)86-62-74(102(9,10)11)44-55-94(86)108)103(12,13)75-45-56-92-87(63-75)84-60-72(100(3,4)5)42-53-91(84)107(92)80-27-21-26-79(64-80)105(78-48-40-71(41-49-78)69-36-32-67(23-15-2)33-37-69)95-57-51-83-90(104)58-59-96-99(83)98(95)82-28-19-20-29-89(82)106(96)76-24-17-16-18-25-76/h16-21,24-65H,14-15,22-23H2,1-13H3. The van der Waals surface area contributed by atoms with E-state index in [2.05, 4.69) is 405 Å². The van der Waals surface area contributed by atoms with E-state index in [-0.39, 0.29) is 16.2 Å². The number of nitrogens with zero attached hydrogens (tertiary/aromatic N) is 5. The van der Waals surface area contributed by atoms with Gasteiger partial charge in [-0.3, -0.25) is 0 Å². The number of hydrogen-bond donors (Lipinski definition) is 0. The highest BCUT2D eigenvalue weighted by Crippen LogP contribution is 2.59. The fraction of sp³-hybridized carbons (Fsp3) is 0.204. The maximum absolute atomic E-state index is 2.62. The summed E-state index contributed by atoms with van der Waals surface area (Å²) >= 11 is 0. The lowest BCUT2D eigenvalue weighted by molar-refractivity contribution is 0.590. The third-order valence-corrected chi connectivity index (χ3v) is 23.5. The molecule has 0 spiro atoms. The lowest BCUT2D eigenvalue weighted by Gasteiger charge is -2.38. The van der Waals surface area contributed by atoms with Gasteiger partial charge in [0.25, 0.3) is 0 Å². The summed E-state index contributed by atoms with van der Waals surface area (Å²) in [7, 11) is 0. The molecule has 0 saturated carbocycles. The van der Waals surface area contributed by atoms with Crippen LogP contribution in [0.4, 0.5) is 51.2 Å². The van der Waals surface area contributed by atoms with Crippen LogP contribution < -0.4 is 14.7 Å². The monoisotopic (exact) mass is 1400 g/mol. The fourth-order valence-electron chi connectivity index (χ4n) is 17.5. The normalized spacial score (nSPS) is 13.6. The number of rotatable bonds is 10. The summed E-state index contributed by atoms with van der Waals surface area (Å²) in [6.45, 7) is 30.5. The quantitative estimate of drug-likeness (QED) is 0.136. The van der Waals surface area contributed by atoms with E-state index in [1.807, 2.05) is 0 Å². The molecule has 108 heavy (non-hydrogen) atoms. The van der Waals surface area contributed by atoms with Gasteiger partial charge < -0.3 is 23.8 Å². The smallest absolute Gasteiger partial charge is 0.0548 e. The summed E-state index contributed by atoms with van der Waals surface area (Å²) < 4.78 is 5.15. The van der Waals surface area contributed by atoms with Crippen molar-refractivity contribution < 1.29 is 0 Å². The third kappa shape index (κ3) is 11.4. The maximum atomic E-state index is 2.62. The zero-order chi connectivity index (χ0) is 74.3. The van der Waals surface area contributed by atoms with Crippen molar-refractivity contribution >= 4 is 106 Å². The predicted molar refractivity (Wildman–Crippen MR) is 463 cm³/mol. The van der Waals surface area contributed by atoms with Crippen LogP contribution in [0.25, 0.3) is 99.1 Å². The van der Waals surface area contributed by atoms with Gasteiger partial charge in [0, 0.05) is 83.0 Å². The van der Waals surface area contributed by atoms with Gasteiger partial charge in [-0.25, -0.2) is 0 Å². The van der Waals surface area contributed by atoms with Crippen LogP contribution in [-0.4, -0.2) is 9.13 Å². The first-order valence-electron chi connectivity index (χ1n) is 39.1. The minimum atomic E-state index is -0.558. The Kier molecular flexibility index (Phi) is 16.3. The number of anilines is 9. The first kappa shape index (κ1) is 68.2. The Morgan fingerprint density at radius 3 is 1.25 bits per heavy atom. The minimum Gasteiger partial charge on any atom is -0.310 e. The largest absolute Gasteiger partial charge is 0.310 e. The van der Waals surface area contributed by atoms with E-state index in [9.17, 15) is 0 Å². The summed E-state index contributed by atoms with van der Waals surface area (Å²) in [5, 5.41) is 7.27. The van der Waals surface area contributed by atoms with E-state index < -0.39 is 5.41 Å². The van der Waals surface area contributed by atoms with Gasteiger partial charge in [-0.05, 0) is 230 Å². The number of fused-ring (bicyclic) bond motifs is 5. The van der Waals surface area contributed by atoms with Gasteiger partial charge in [0.2, 0.25) is 0 Å². The average molecular weight is 1400 g/mol. The van der Waals surface area contributed by atoms with Gasteiger partial charge >= 0.3 is 0 Å². The molecular formula is C103H95N5. The van der Waals surface area contributed by atoms with Crippen molar-refractivity contribution in [2.75, 3.05) is 14.7 Å². The van der Waals surface area contributed by atoms with E-state index in [1.165, 1.54) is 99.3 Å². The Hall–Kier alpha value is -11.7. The Labute approximate surface area is 637 Å². The van der Waals surface area contributed by atoms with Crippen LogP contribution in [0, 0.1) is 0 Å². The highest BCUT2D eigenvalue weighted by atomic mass is 15.2. The number of aromatic nitrogens is 2. The van der Waals surface area contributed by atoms with E-state index in [4.69, 9.17) is 0 Å². The molecule has 532 valence electrons. The molecule has 16 aromatic rings. The average Bonchev–Trinajstić information content (AvgIpc) is 0.812. The molecule has 0 aliphatic carbocycles. The zero-order valence-corrected chi connectivity index (χ0v) is 64.8. The first-order chi connectivity index (χ1) is 52.1. The second-order valence-corrected chi connectivity index (χ2v) is 34.0. The highest BCUT2D eigenvalue weighted by Gasteiger charge is 2.36. The Morgan fingerprint density at radius 1 is 0.287 bits per heavy atom. The van der Waals surface area contributed by atoms with Crippen molar-refractivity contribution in [2.45, 2.75) is 137 Å². The topological polar surface area (TPSA) is 19.6 Å². The predicted octanol–water partition coefficient (Wildman–Crippen LogP) is 29.2. The lowest BCUT2D eigenvalue weighted by Crippen LogP contribution is -2.22. The van der Waals surface area contributed by atoms with Gasteiger partial charge in [-0.2, -0.15) is 0 Å². The van der Waals surface area contributed by atoms with Crippen molar-refractivity contribution in [3.05, 3.63) is 330 Å². The molecule has 0 saturated heterocycles. The number of hydrogen-bond acceptors (Lipinski definition) is 3. The van der Waals surface area contributed by atoms with Crippen LogP contribution in [0.2, 0.25) is 0 Å². The summed E-state index contributed by atoms with van der Waals surface area (Å²) in [4.78, 5) is 7.60. The Bertz CT molecular complexity index is 6130. The molecule has 9 heterocycles. The first-order valence-corrected chi connectivity index (χ1v) is 39.1. The van der Waals surface area contributed by atoms with E-state index in [1.54, 1.807) is 0 Å². The van der Waals surface area contributed by atoms with Crippen molar-refractivity contribution in [3.8, 4) is 44.8 Å². The molecule has 0 fully saturated rings. The number of aryl methyl sites for hydroxylation is 2. The van der Waals surface area contributed by atoms with E-state index in [0.717, 1.165) is 116 Å². The molecule has 0 N–H and O–H groups in total. The molecule has 5 nitrogen and oxygen atoms in total. The van der Waals surface area contributed by atoms with E-state index in [0.29, 0.717) is 0 Å². The van der Waals surface area contributed by atoms with Gasteiger partial charge in [0.15, 0.2) is 0 Å². The van der Waals surface area contributed by atoms with Crippen LogP contribution in [0.3, 0.4) is 0 Å². The molecule has 0 atom stereocenters. The molecular weight excluding hydrogens is 1310 g/mol. The van der Waals surface area contributed by atoms with Crippen LogP contribution in [0.1, 0.15) is 142 Å². The molecule has 12 bridgehead atoms. The zero-order valence-electron chi connectivity index (χ0n) is 64.8. The van der Waals surface area contributed by atoms with Crippen molar-refractivity contribution in [2.24, 2.45) is 0 Å².